The van der Waals surface area contributed by atoms with Gasteiger partial charge < -0.3 is 20.7 Å². The van der Waals surface area contributed by atoms with E-state index < -0.39 is 0 Å². The number of rotatable bonds is 6. The van der Waals surface area contributed by atoms with Crippen molar-refractivity contribution >= 4 is 50.1 Å². The molecule has 0 unspecified atom stereocenters. The van der Waals surface area contributed by atoms with Gasteiger partial charge in [0.1, 0.15) is 16.1 Å². The fourth-order valence-corrected chi connectivity index (χ4v) is 3.93. The lowest BCUT2D eigenvalue weighted by molar-refractivity contribution is -0.117. The molecule has 33 heavy (non-hydrogen) atoms. The second-order valence-corrected chi connectivity index (χ2v) is 8.64. The number of ether oxygens (including phenoxy) is 1. The topological polar surface area (TPSA) is 118 Å². The van der Waals surface area contributed by atoms with Crippen LogP contribution in [-0.4, -0.2) is 26.9 Å². The molecule has 9 nitrogen and oxygen atoms in total. The van der Waals surface area contributed by atoms with Crippen LogP contribution in [0, 0.1) is 12.8 Å². The first-order valence-electron chi connectivity index (χ1n) is 10.4. The Labute approximate surface area is 193 Å². The summed E-state index contributed by atoms with van der Waals surface area (Å²) in [6.45, 7) is 1.91. The maximum Gasteiger partial charge on any atom is 0.323 e. The lowest BCUT2D eigenvalue weighted by Crippen LogP contribution is -2.19. The number of thiazole rings is 1. The molecule has 0 atom stereocenters. The van der Waals surface area contributed by atoms with E-state index in [0.717, 1.165) is 18.4 Å². The van der Waals surface area contributed by atoms with Crippen LogP contribution >= 0.6 is 11.3 Å². The molecule has 3 amide bonds. The monoisotopic (exact) mass is 460 g/mol. The Morgan fingerprint density at radius 2 is 1.88 bits per heavy atom. The number of amides is 3. The number of anilines is 3. The standard InChI is InChI=1S/C23H20N6O3S/c1-13-4-7-15(25-22(31)26-16-3-2-10-24-12-16)11-18(13)32-19-9-8-17-21(28-19)33-23(27-17)29-20(30)14-5-6-14/h2-4,7-12,14H,5-6H2,1H3,(H2,25,26,31)(H,27,29,30). The highest BCUT2D eigenvalue weighted by Crippen LogP contribution is 2.33. The molecule has 166 valence electrons. The summed E-state index contributed by atoms with van der Waals surface area (Å²) >= 11 is 1.31. The Balaban J connectivity index is 1.29. The summed E-state index contributed by atoms with van der Waals surface area (Å²) in [6.07, 6.45) is 5.07. The van der Waals surface area contributed by atoms with Crippen molar-refractivity contribution < 1.29 is 14.3 Å². The van der Waals surface area contributed by atoms with E-state index in [-0.39, 0.29) is 17.9 Å². The number of pyridine rings is 2. The summed E-state index contributed by atoms with van der Waals surface area (Å²) in [5.41, 5.74) is 2.74. The molecule has 3 aromatic heterocycles. The number of carbonyl (C=O) groups excluding carboxylic acids is 2. The number of fused-ring (bicyclic) bond motifs is 1. The minimum absolute atomic E-state index is 0.0121. The molecule has 1 aliphatic carbocycles. The summed E-state index contributed by atoms with van der Waals surface area (Å²) in [5.74, 6) is 1.08. The largest absolute Gasteiger partial charge is 0.439 e. The van der Waals surface area contributed by atoms with Gasteiger partial charge in [0.25, 0.3) is 0 Å². The van der Waals surface area contributed by atoms with Crippen molar-refractivity contribution in [3.05, 3.63) is 60.4 Å². The Bertz CT molecular complexity index is 1340. The van der Waals surface area contributed by atoms with Crippen molar-refractivity contribution in [2.24, 2.45) is 5.92 Å². The molecule has 1 aromatic carbocycles. The van der Waals surface area contributed by atoms with Crippen LogP contribution in [0.4, 0.5) is 21.3 Å². The Kier molecular flexibility index (Phi) is 5.57. The number of carbonyl (C=O) groups is 2. The smallest absolute Gasteiger partial charge is 0.323 e. The molecular formula is C23H20N6O3S. The van der Waals surface area contributed by atoms with E-state index >= 15 is 0 Å². The number of benzene rings is 1. The van der Waals surface area contributed by atoms with Gasteiger partial charge in [-0.25, -0.2) is 14.8 Å². The molecule has 1 fully saturated rings. The molecule has 1 aliphatic rings. The quantitative estimate of drug-likeness (QED) is 0.365. The van der Waals surface area contributed by atoms with E-state index in [1.165, 1.54) is 11.3 Å². The van der Waals surface area contributed by atoms with Crippen LogP contribution in [-0.2, 0) is 4.79 Å². The average molecular weight is 461 g/mol. The summed E-state index contributed by atoms with van der Waals surface area (Å²) in [6, 6.07) is 12.0. The van der Waals surface area contributed by atoms with Crippen LogP contribution in [0.25, 0.3) is 10.3 Å². The molecule has 1 saturated carbocycles. The first-order chi connectivity index (χ1) is 16.0. The molecular weight excluding hydrogens is 440 g/mol. The summed E-state index contributed by atoms with van der Waals surface area (Å²) < 4.78 is 6.00. The van der Waals surface area contributed by atoms with Crippen LogP contribution in [0.2, 0.25) is 0 Å². The van der Waals surface area contributed by atoms with Crippen molar-refractivity contribution in [1.82, 2.24) is 15.0 Å². The number of nitrogens with zero attached hydrogens (tertiary/aromatic N) is 3. The van der Waals surface area contributed by atoms with Crippen LogP contribution < -0.4 is 20.7 Å². The van der Waals surface area contributed by atoms with E-state index in [4.69, 9.17) is 4.74 Å². The summed E-state index contributed by atoms with van der Waals surface area (Å²) in [5, 5.41) is 8.89. The normalized spacial score (nSPS) is 12.9. The predicted molar refractivity (Wildman–Crippen MR) is 127 cm³/mol. The molecule has 4 aromatic rings. The zero-order chi connectivity index (χ0) is 22.8. The van der Waals surface area contributed by atoms with Gasteiger partial charge >= 0.3 is 6.03 Å². The van der Waals surface area contributed by atoms with Crippen LogP contribution in [0.3, 0.4) is 0 Å². The van der Waals surface area contributed by atoms with Crippen molar-refractivity contribution in [3.8, 4) is 11.6 Å². The average Bonchev–Trinajstić information content (AvgIpc) is 3.57. The number of urea groups is 1. The number of aryl methyl sites for hydroxylation is 1. The van der Waals surface area contributed by atoms with Crippen molar-refractivity contribution in [3.63, 3.8) is 0 Å². The minimum Gasteiger partial charge on any atom is -0.439 e. The highest BCUT2D eigenvalue weighted by molar-refractivity contribution is 7.21. The third-order valence-electron chi connectivity index (χ3n) is 4.99. The lowest BCUT2D eigenvalue weighted by Gasteiger charge is -2.11. The van der Waals surface area contributed by atoms with Gasteiger partial charge in [0.2, 0.25) is 11.8 Å². The predicted octanol–water partition coefficient (Wildman–Crippen LogP) is 5.18. The minimum atomic E-state index is -0.386. The Morgan fingerprint density at radius 1 is 1.03 bits per heavy atom. The van der Waals surface area contributed by atoms with Crippen molar-refractivity contribution in [1.29, 1.82) is 0 Å². The van der Waals surface area contributed by atoms with Gasteiger partial charge in [0.05, 0.1) is 11.9 Å². The zero-order valence-electron chi connectivity index (χ0n) is 17.7. The molecule has 0 saturated heterocycles. The van der Waals surface area contributed by atoms with Crippen molar-refractivity contribution in [2.75, 3.05) is 16.0 Å². The molecule has 10 heteroatoms. The van der Waals surface area contributed by atoms with Gasteiger partial charge in [-0.1, -0.05) is 17.4 Å². The highest BCUT2D eigenvalue weighted by Gasteiger charge is 2.30. The van der Waals surface area contributed by atoms with E-state index in [9.17, 15) is 9.59 Å². The van der Waals surface area contributed by atoms with Crippen LogP contribution in [0.5, 0.6) is 11.6 Å². The van der Waals surface area contributed by atoms with E-state index in [0.29, 0.717) is 38.5 Å². The zero-order valence-corrected chi connectivity index (χ0v) is 18.5. The third-order valence-corrected chi connectivity index (χ3v) is 5.87. The van der Waals surface area contributed by atoms with Crippen LogP contribution in [0.1, 0.15) is 18.4 Å². The van der Waals surface area contributed by atoms with E-state index in [1.807, 2.05) is 13.0 Å². The van der Waals surface area contributed by atoms with Gasteiger partial charge in [0.15, 0.2) is 5.13 Å². The Hall–Kier alpha value is -4.05. The lowest BCUT2D eigenvalue weighted by atomic mass is 10.2. The van der Waals surface area contributed by atoms with E-state index in [2.05, 4.69) is 30.9 Å². The molecule has 3 heterocycles. The van der Waals surface area contributed by atoms with Crippen molar-refractivity contribution in [2.45, 2.75) is 19.8 Å². The van der Waals surface area contributed by atoms with Gasteiger partial charge in [-0.15, -0.1) is 0 Å². The number of aromatic nitrogens is 3. The first kappa shape index (κ1) is 20.8. The van der Waals surface area contributed by atoms with Gasteiger partial charge in [0, 0.05) is 29.9 Å². The van der Waals surface area contributed by atoms with Gasteiger partial charge in [-0.2, -0.15) is 0 Å². The fourth-order valence-electron chi connectivity index (χ4n) is 3.09. The molecule has 5 rings (SSSR count). The number of nitrogens with one attached hydrogen (secondary N) is 3. The first-order valence-corrected chi connectivity index (χ1v) is 11.2. The second kappa shape index (κ2) is 8.83. The molecule has 0 radical (unpaired) electrons. The SMILES string of the molecule is Cc1ccc(NC(=O)Nc2cccnc2)cc1Oc1ccc2nc(NC(=O)C3CC3)sc2n1. The molecule has 0 spiro atoms. The number of hydrogen-bond acceptors (Lipinski definition) is 7. The van der Waals surface area contributed by atoms with Gasteiger partial charge in [-0.3, -0.25) is 9.78 Å². The van der Waals surface area contributed by atoms with Crippen LogP contribution in [0.15, 0.2) is 54.9 Å². The fraction of sp³-hybridized carbons (Fsp3) is 0.174. The summed E-state index contributed by atoms with van der Waals surface area (Å²) in [7, 11) is 0. The Morgan fingerprint density at radius 3 is 2.67 bits per heavy atom. The maximum absolute atomic E-state index is 12.3. The maximum atomic E-state index is 12.3. The summed E-state index contributed by atoms with van der Waals surface area (Å²) in [4.78, 5) is 37.8. The molecule has 3 N–H and O–H groups in total. The molecule has 0 bridgehead atoms. The second-order valence-electron chi connectivity index (χ2n) is 7.66. The third kappa shape index (κ3) is 5.07. The van der Waals surface area contributed by atoms with E-state index in [1.54, 1.807) is 48.8 Å². The van der Waals surface area contributed by atoms with Gasteiger partial charge in [-0.05, 0) is 49.6 Å². The number of hydrogen-bond donors (Lipinski definition) is 3. The highest BCUT2D eigenvalue weighted by atomic mass is 32.1. The molecule has 0 aliphatic heterocycles.